The number of aromatic nitrogens is 2. The lowest BCUT2D eigenvalue weighted by atomic mass is 10.1. The normalized spacial score (nSPS) is 10.5. The molecule has 31 heavy (non-hydrogen) atoms. The predicted octanol–water partition coefficient (Wildman–Crippen LogP) is 5.45. The minimum absolute atomic E-state index is 0.247. The Morgan fingerprint density at radius 2 is 1.74 bits per heavy atom. The number of hydrogen-bond donors (Lipinski definition) is 1. The van der Waals surface area contributed by atoms with Crippen molar-refractivity contribution in [2.45, 2.75) is 6.92 Å². The van der Waals surface area contributed by atoms with Gasteiger partial charge in [-0.05, 0) is 37.3 Å². The third-order valence-corrected chi connectivity index (χ3v) is 5.56. The van der Waals surface area contributed by atoms with Crippen molar-refractivity contribution >= 4 is 22.4 Å². The Bertz CT molecular complexity index is 1220. The van der Waals surface area contributed by atoms with Gasteiger partial charge in [-0.3, -0.25) is 15.1 Å². The molecule has 4 rings (SSSR count). The molecule has 1 amide bonds. The van der Waals surface area contributed by atoms with Crippen LogP contribution in [0.1, 0.15) is 16.1 Å². The molecule has 0 unspecified atom stereocenters. The van der Waals surface area contributed by atoms with Gasteiger partial charge in [-0.15, -0.1) is 11.3 Å². The SMILES string of the molecule is COc1ccc(OC)c(-c2csc(NC(=O)c3ccc(-c4ccccc4)nc3C)n2)c1. The third kappa shape index (κ3) is 4.41. The Hall–Kier alpha value is -3.71. The van der Waals surface area contributed by atoms with Crippen molar-refractivity contribution in [3.8, 4) is 34.0 Å². The summed E-state index contributed by atoms with van der Waals surface area (Å²) in [6.07, 6.45) is 0. The number of rotatable bonds is 6. The molecule has 0 atom stereocenters. The smallest absolute Gasteiger partial charge is 0.259 e. The summed E-state index contributed by atoms with van der Waals surface area (Å²) in [7, 11) is 3.22. The molecule has 156 valence electrons. The monoisotopic (exact) mass is 431 g/mol. The molecule has 0 aliphatic carbocycles. The second kappa shape index (κ2) is 8.97. The Kier molecular flexibility index (Phi) is 5.95. The first-order valence-corrected chi connectivity index (χ1v) is 10.5. The van der Waals surface area contributed by atoms with Gasteiger partial charge in [-0.25, -0.2) is 4.98 Å². The molecular formula is C24H21N3O3S. The molecule has 4 aromatic rings. The fourth-order valence-corrected chi connectivity index (χ4v) is 3.91. The zero-order valence-corrected chi connectivity index (χ0v) is 18.2. The number of hydrogen-bond acceptors (Lipinski definition) is 6. The molecule has 0 radical (unpaired) electrons. The standard InChI is InChI=1S/C24H21N3O3S/c1-15-18(10-11-20(25-15)16-7-5-4-6-8-16)23(28)27-24-26-21(14-31-24)19-13-17(29-2)9-12-22(19)30-3/h4-14H,1-3H3,(H,26,27,28). The number of pyridine rings is 1. The summed E-state index contributed by atoms with van der Waals surface area (Å²) in [4.78, 5) is 22.0. The highest BCUT2D eigenvalue weighted by atomic mass is 32.1. The Balaban J connectivity index is 1.55. The summed E-state index contributed by atoms with van der Waals surface area (Å²) in [5, 5.41) is 5.24. The van der Waals surface area contributed by atoms with Crippen LogP contribution < -0.4 is 14.8 Å². The van der Waals surface area contributed by atoms with Crippen LogP contribution in [0.15, 0.2) is 66.0 Å². The van der Waals surface area contributed by atoms with E-state index in [4.69, 9.17) is 9.47 Å². The maximum absolute atomic E-state index is 12.8. The van der Waals surface area contributed by atoms with Gasteiger partial charge in [0, 0.05) is 16.5 Å². The Morgan fingerprint density at radius 1 is 0.935 bits per heavy atom. The maximum Gasteiger partial charge on any atom is 0.259 e. The van der Waals surface area contributed by atoms with Crippen LogP contribution >= 0.6 is 11.3 Å². The lowest BCUT2D eigenvalue weighted by Gasteiger charge is -2.09. The van der Waals surface area contributed by atoms with Crippen molar-refractivity contribution in [2.75, 3.05) is 19.5 Å². The van der Waals surface area contributed by atoms with E-state index in [1.165, 1.54) is 11.3 Å². The number of anilines is 1. The second-order valence-electron chi connectivity index (χ2n) is 6.75. The summed E-state index contributed by atoms with van der Waals surface area (Å²) in [5.41, 5.74) is 4.50. The molecule has 0 bridgehead atoms. The van der Waals surface area contributed by atoms with Gasteiger partial charge in [0.05, 0.1) is 36.9 Å². The minimum Gasteiger partial charge on any atom is -0.497 e. The summed E-state index contributed by atoms with van der Waals surface area (Å²) in [5.74, 6) is 1.14. The van der Waals surface area contributed by atoms with Crippen molar-refractivity contribution in [1.82, 2.24) is 9.97 Å². The molecule has 0 fully saturated rings. The van der Waals surface area contributed by atoms with Gasteiger partial charge in [0.15, 0.2) is 5.13 Å². The van der Waals surface area contributed by atoms with Gasteiger partial charge >= 0.3 is 0 Å². The van der Waals surface area contributed by atoms with Gasteiger partial charge in [0.1, 0.15) is 11.5 Å². The summed E-state index contributed by atoms with van der Waals surface area (Å²) >= 11 is 1.35. The van der Waals surface area contributed by atoms with Crippen LogP contribution in [0.25, 0.3) is 22.5 Å². The van der Waals surface area contributed by atoms with E-state index >= 15 is 0 Å². The first-order valence-electron chi connectivity index (χ1n) is 9.61. The van der Waals surface area contributed by atoms with E-state index in [0.29, 0.717) is 33.6 Å². The molecule has 2 aromatic heterocycles. The number of nitrogens with one attached hydrogen (secondary N) is 1. The largest absolute Gasteiger partial charge is 0.497 e. The van der Waals surface area contributed by atoms with Gasteiger partial charge < -0.3 is 9.47 Å². The van der Waals surface area contributed by atoms with Crippen molar-refractivity contribution in [3.05, 3.63) is 77.3 Å². The number of ether oxygens (including phenoxy) is 2. The summed E-state index contributed by atoms with van der Waals surface area (Å²) in [6, 6.07) is 19.0. The van der Waals surface area contributed by atoms with Crippen LogP contribution in [0.5, 0.6) is 11.5 Å². The molecule has 0 spiro atoms. The number of carbonyl (C=O) groups excluding carboxylic acids is 1. The second-order valence-corrected chi connectivity index (χ2v) is 7.61. The molecule has 2 heterocycles. The minimum atomic E-state index is -0.247. The average molecular weight is 432 g/mol. The van der Waals surface area contributed by atoms with Crippen LogP contribution in [0.3, 0.4) is 0 Å². The number of carbonyl (C=O) groups is 1. The molecule has 0 saturated heterocycles. The van der Waals surface area contributed by atoms with Gasteiger partial charge in [-0.2, -0.15) is 0 Å². The topological polar surface area (TPSA) is 73.3 Å². The predicted molar refractivity (Wildman–Crippen MR) is 123 cm³/mol. The van der Waals surface area contributed by atoms with E-state index in [9.17, 15) is 4.79 Å². The highest BCUT2D eigenvalue weighted by molar-refractivity contribution is 7.14. The lowest BCUT2D eigenvalue weighted by molar-refractivity contribution is 0.102. The van der Waals surface area contributed by atoms with E-state index in [-0.39, 0.29) is 5.91 Å². The quantitative estimate of drug-likeness (QED) is 0.439. The molecular weight excluding hydrogens is 410 g/mol. The van der Waals surface area contributed by atoms with E-state index < -0.39 is 0 Å². The number of aryl methyl sites for hydroxylation is 1. The maximum atomic E-state index is 12.8. The number of thiazole rings is 1. The van der Waals surface area contributed by atoms with E-state index in [2.05, 4.69) is 15.3 Å². The number of methoxy groups -OCH3 is 2. The third-order valence-electron chi connectivity index (χ3n) is 4.81. The van der Waals surface area contributed by atoms with Crippen LogP contribution in [-0.4, -0.2) is 30.1 Å². The fourth-order valence-electron chi connectivity index (χ4n) is 3.20. The number of benzene rings is 2. The molecule has 2 aromatic carbocycles. The highest BCUT2D eigenvalue weighted by Gasteiger charge is 2.16. The molecule has 0 saturated carbocycles. The van der Waals surface area contributed by atoms with Crippen LogP contribution in [-0.2, 0) is 0 Å². The first-order chi connectivity index (χ1) is 15.1. The van der Waals surface area contributed by atoms with Crippen molar-refractivity contribution in [2.24, 2.45) is 0 Å². The van der Waals surface area contributed by atoms with Gasteiger partial charge in [-0.1, -0.05) is 30.3 Å². The van der Waals surface area contributed by atoms with Crippen molar-refractivity contribution in [3.63, 3.8) is 0 Å². The number of nitrogens with zero attached hydrogens (tertiary/aromatic N) is 2. The van der Waals surface area contributed by atoms with Crippen LogP contribution in [0.4, 0.5) is 5.13 Å². The average Bonchev–Trinajstić information content (AvgIpc) is 3.27. The molecule has 7 heteroatoms. The Labute approximate surface area is 184 Å². The molecule has 0 aliphatic rings. The molecule has 0 aliphatic heterocycles. The molecule has 6 nitrogen and oxygen atoms in total. The Morgan fingerprint density at radius 3 is 2.45 bits per heavy atom. The summed E-state index contributed by atoms with van der Waals surface area (Å²) in [6.45, 7) is 1.83. The molecule has 1 N–H and O–H groups in total. The van der Waals surface area contributed by atoms with E-state index in [1.54, 1.807) is 20.3 Å². The highest BCUT2D eigenvalue weighted by Crippen LogP contribution is 2.35. The van der Waals surface area contributed by atoms with Crippen LogP contribution in [0.2, 0.25) is 0 Å². The van der Waals surface area contributed by atoms with E-state index in [0.717, 1.165) is 16.8 Å². The first kappa shape index (κ1) is 20.6. The number of amides is 1. The zero-order valence-electron chi connectivity index (χ0n) is 17.4. The van der Waals surface area contributed by atoms with Gasteiger partial charge in [0.25, 0.3) is 5.91 Å². The van der Waals surface area contributed by atoms with Crippen molar-refractivity contribution < 1.29 is 14.3 Å². The van der Waals surface area contributed by atoms with Crippen molar-refractivity contribution in [1.29, 1.82) is 0 Å². The fraction of sp³-hybridized carbons (Fsp3) is 0.125. The lowest BCUT2D eigenvalue weighted by Crippen LogP contribution is -2.14. The van der Waals surface area contributed by atoms with Gasteiger partial charge in [0.2, 0.25) is 0 Å². The van der Waals surface area contributed by atoms with Crippen LogP contribution in [0, 0.1) is 6.92 Å². The zero-order chi connectivity index (χ0) is 21.8. The summed E-state index contributed by atoms with van der Waals surface area (Å²) < 4.78 is 10.7. The van der Waals surface area contributed by atoms with E-state index in [1.807, 2.05) is 66.9 Å².